The molecule has 0 bridgehead atoms. The van der Waals surface area contributed by atoms with Gasteiger partial charge in [0.1, 0.15) is 0 Å². The summed E-state index contributed by atoms with van der Waals surface area (Å²) >= 11 is 0. The van der Waals surface area contributed by atoms with E-state index in [1.165, 1.54) is 0 Å². The lowest BCUT2D eigenvalue weighted by atomic mass is 10.0. The van der Waals surface area contributed by atoms with Crippen molar-refractivity contribution in [2.45, 2.75) is 39.2 Å². The van der Waals surface area contributed by atoms with Crippen molar-refractivity contribution in [1.29, 1.82) is 0 Å². The quantitative estimate of drug-likeness (QED) is 0.903. The van der Waals surface area contributed by atoms with Crippen LogP contribution in [0.3, 0.4) is 0 Å². The van der Waals surface area contributed by atoms with Crippen LogP contribution in [0.15, 0.2) is 30.3 Å². The molecule has 0 radical (unpaired) electrons. The van der Waals surface area contributed by atoms with Gasteiger partial charge in [-0.25, -0.2) is 4.68 Å². The zero-order valence-corrected chi connectivity index (χ0v) is 13.8. The Balaban J connectivity index is 1.78. The zero-order chi connectivity index (χ0) is 17.3. The number of nitrogens with one attached hydrogen (secondary N) is 1. The number of amides is 1. The van der Waals surface area contributed by atoms with Crippen LogP contribution in [0.1, 0.15) is 41.0 Å². The van der Waals surface area contributed by atoms with Gasteiger partial charge in [0.2, 0.25) is 0 Å². The highest BCUT2D eigenvalue weighted by molar-refractivity contribution is 5.93. The molecule has 0 unspecified atom stereocenters. The van der Waals surface area contributed by atoms with Crippen LogP contribution in [0, 0.1) is 19.8 Å². The number of carbonyl (C=O) groups is 2. The van der Waals surface area contributed by atoms with Gasteiger partial charge in [-0.15, -0.1) is 0 Å². The van der Waals surface area contributed by atoms with Crippen LogP contribution < -0.4 is 5.32 Å². The maximum absolute atomic E-state index is 12.4. The molecule has 0 aliphatic heterocycles. The average Bonchev–Trinajstić information content (AvgIpc) is 3.15. The van der Waals surface area contributed by atoms with Gasteiger partial charge in [0.05, 0.1) is 11.6 Å². The first-order valence-corrected chi connectivity index (χ1v) is 8.13. The second-order valence-corrected chi connectivity index (χ2v) is 6.37. The third-order valence-corrected chi connectivity index (χ3v) is 4.55. The van der Waals surface area contributed by atoms with E-state index in [1.54, 1.807) is 10.7 Å². The van der Waals surface area contributed by atoms with Crippen molar-refractivity contribution < 1.29 is 14.7 Å². The first kappa shape index (κ1) is 16.2. The molecule has 1 amide bonds. The minimum Gasteiger partial charge on any atom is -0.481 e. The lowest BCUT2D eigenvalue weighted by molar-refractivity contribution is -0.142. The highest BCUT2D eigenvalue weighted by atomic mass is 16.4. The summed E-state index contributed by atoms with van der Waals surface area (Å²) in [5, 5.41) is 16.4. The number of benzene rings is 1. The summed E-state index contributed by atoms with van der Waals surface area (Å²) in [7, 11) is 0. The molecule has 1 aliphatic rings. The van der Waals surface area contributed by atoms with E-state index in [4.69, 9.17) is 0 Å². The molecule has 1 fully saturated rings. The summed E-state index contributed by atoms with van der Waals surface area (Å²) in [6.07, 6.45) is 2.12. The van der Waals surface area contributed by atoms with E-state index in [0.29, 0.717) is 18.5 Å². The van der Waals surface area contributed by atoms with Gasteiger partial charge in [-0.2, -0.15) is 5.10 Å². The van der Waals surface area contributed by atoms with Gasteiger partial charge in [0.25, 0.3) is 5.91 Å². The lowest BCUT2D eigenvalue weighted by Crippen LogP contribution is -2.40. The molecule has 6 heteroatoms. The van der Waals surface area contributed by atoms with Crippen molar-refractivity contribution in [1.82, 2.24) is 15.1 Å². The Morgan fingerprint density at radius 3 is 2.58 bits per heavy atom. The van der Waals surface area contributed by atoms with E-state index in [2.05, 4.69) is 10.4 Å². The second-order valence-electron chi connectivity index (χ2n) is 6.37. The molecule has 24 heavy (non-hydrogen) atoms. The highest BCUT2D eigenvalue weighted by Crippen LogP contribution is 2.26. The third kappa shape index (κ3) is 3.18. The van der Waals surface area contributed by atoms with Crippen molar-refractivity contribution in [3.05, 3.63) is 47.3 Å². The molecule has 1 saturated carbocycles. The summed E-state index contributed by atoms with van der Waals surface area (Å²) in [6.45, 7) is 3.90. The molecule has 1 heterocycles. The van der Waals surface area contributed by atoms with Crippen molar-refractivity contribution in [3.63, 3.8) is 0 Å². The first-order chi connectivity index (χ1) is 11.5. The van der Waals surface area contributed by atoms with Crippen molar-refractivity contribution >= 4 is 11.9 Å². The Labute approximate surface area is 140 Å². The molecule has 3 rings (SSSR count). The number of carbonyl (C=O) groups excluding carboxylic acids is 1. The van der Waals surface area contributed by atoms with Gasteiger partial charge in [0, 0.05) is 11.7 Å². The van der Waals surface area contributed by atoms with Crippen LogP contribution in [0.2, 0.25) is 0 Å². The molecule has 6 nitrogen and oxygen atoms in total. The molecular weight excluding hydrogens is 306 g/mol. The molecule has 0 spiro atoms. The van der Waals surface area contributed by atoms with Crippen LogP contribution in [0.25, 0.3) is 5.69 Å². The number of carboxylic acids is 1. The third-order valence-electron chi connectivity index (χ3n) is 4.55. The number of rotatable bonds is 4. The first-order valence-electron chi connectivity index (χ1n) is 8.13. The number of aryl methyl sites for hydroxylation is 2. The molecule has 2 aromatic rings. The van der Waals surface area contributed by atoms with Crippen LogP contribution in [-0.4, -0.2) is 32.8 Å². The van der Waals surface area contributed by atoms with Crippen LogP contribution in [0.5, 0.6) is 0 Å². The molecule has 126 valence electrons. The smallest absolute Gasteiger partial charge is 0.308 e. The maximum Gasteiger partial charge on any atom is 0.308 e. The van der Waals surface area contributed by atoms with E-state index < -0.39 is 11.9 Å². The molecule has 1 aromatic carbocycles. The normalized spacial score (nSPS) is 20.1. The van der Waals surface area contributed by atoms with Gasteiger partial charge in [-0.05, 0) is 44.9 Å². The SMILES string of the molecule is Cc1ccc(-n2nc(C(=O)N[C@@H]3CCC[C@@H]3C(=O)O)cc2C)cc1. The van der Waals surface area contributed by atoms with Gasteiger partial charge in [0.15, 0.2) is 5.69 Å². The molecule has 2 N–H and O–H groups in total. The number of hydrogen-bond acceptors (Lipinski definition) is 3. The van der Waals surface area contributed by atoms with Crippen LogP contribution in [0.4, 0.5) is 0 Å². The predicted molar refractivity (Wildman–Crippen MR) is 89.3 cm³/mol. The molecule has 1 aliphatic carbocycles. The maximum atomic E-state index is 12.4. The van der Waals surface area contributed by atoms with Gasteiger partial charge < -0.3 is 10.4 Å². The topological polar surface area (TPSA) is 84.2 Å². The van der Waals surface area contributed by atoms with E-state index in [0.717, 1.165) is 23.4 Å². The Morgan fingerprint density at radius 1 is 1.21 bits per heavy atom. The Morgan fingerprint density at radius 2 is 1.92 bits per heavy atom. The van der Waals surface area contributed by atoms with Crippen molar-refractivity contribution in [3.8, 4) is 5.69 Å². The minimum absolute atomic E-state index is 0.309. The van der Waals surface area contributed by atoms with E-state index in [-0.39, 0.29) is 11.9 Å². The Bertz CT molecular complexity index is 764. The van der Waals surface area contributed by atoms with E-state index >= 15 is 0 Å². The monoisotopic (exact) mass is 327 g/mol. The summed E-state index contributed by atoms with van der Waals surface area (Å²) in [5.74, 6) is -1.67. The number of aromatic nitrogens is 2. The van der Waals surface area contributed by atoms with Crippen LogP contribution >= 0.6 is 0 Å². The molecule has 0 saturated heterocycles. The van der Waals surface area contributed by atoms with E-state index in [9.17, 15) is 14.7 Å². The standard InChI is InChI=1S/C18H21N3O3/c1-11-6-8-13(9-7-11)21-12(2)10-16(20-21)17(22)19-15-5-3-4-14(15)18(23)24/h6-10,14-15H,3-5H2,1-2H3,(H,19,22)(H,23,24)/t14-,15+/m0/s1. The highest BCUT2D eigenvalue weighted by Gasteiger charge is 2.34. The molecule has 2 atom stereocenters. The number of aliphatic carboxylic acids is 1. The Hall–Kier alpha value is -2.63. The summed E-state index contributed by atoms with van der Waals surface area (Å²) < 4.78 is 1.72. The average molecular weight is 327 g/mol. The van der Waals surface area contributed by atoms with Crippen molar-refractivity contribution in [2.75, 3.05) is 0 Å². The Kier molecular flexibility index (Phi) is 4.38. The van der Waals surface area contributed by atoms with Gasteiger partial charge in [-0.1, -0.05) is 24.1 Å². The summed E-state index contributed by atoms with van der Waals surface area (Å²) in [4.78, 5) is 23.7. The van der Waals surface area contributed by atoms with Crippen LogP contribution in [-0.2, 0) is 4.79 Å². The van der Waals surface area contributed by atoms with Gasteiger partial charge in [-0.3, -0.25) is 9.59 Å². The minimum atomic E-state index is -0.848. The van der Waals surface area contributed by atoms with Gasteiger partial charge >= 0.3 is 5.97 Å². The van der Waals surface area contributed by atoms with E-state index in [1.807, 2.05) is 38.1 Å². The fourth-order valence-corrected chi connectivity index (χ4v) is 3.20. The lowest BCUT2D eigenvalue weighted by Gasteiger charge is -2.16. The summed E-state index contributed by atoms with van der Waals surface area (Å²) in [5.41, 5.74) is 3.21. The van der Waals surface area contributed by atoms with Crippen molar-refractivity contribution in [2.24, 2.45) is 5.92 Å². The predicted octanol–water partition coefficient (Wildman–Crippen LogP) is 2.47. The molecule has 1 aromatic heterocycles. The summed E-state index contributed by atoms with van der Waals surface area (Å²) in [6, 6.07) is 9.29. The number of nitrogens with zero attached hydrogens (tertiary/aromatic N) is 2. The largest absolute Gasteiger partial charge is 0.481 e. The fourth-order valence-electron chi connectivity index (χ4n) is 3.20. The molecular formula is C18H21N3O3. The number of carboxylic acid groups (broad SMARTS) is 1. The number of hydrogen-bond donors (Lipinski definition) is 2. The fraction of sp³-hybridized carbons (Fsp3) is 0.389. The second kappa shape index (κ2) is 6.47. The zero-order valence-electron chi connectivity index (χ0n) is 13.8.